The first-order chi connectivity index (χ1) is 14.8. The molecule has 1 amide bonds. The summed E-state index contributed by atoms with van der Waals surface area (Å²) < 4.78 is 33.0. The average Bonchev–Trinajstić information content (AvgIpc) is 2.75. The number of hydrogen-bond donors (Lipinski definition) is 1. The molecule has 3 aromatic rings. The molecule has 31 heavy (non-hydrogen) atoms. The number of benzene rings is 3. The zero-order valence-electron chi connectivity index (χ0n) is 17.2. The summed E-state index contributed by atoms with van der Waals surface area (Å²) in [6, 6.07) is 20.1. The summed E-state index contributed by atoms with van der Waals surface area (Å²) in [6.07, 6.45) is 0. The molecule has 6 nitrogen and oxygen atoms in total. The zero-order chi connectivity index (χ0) is 22.4. The summed E-state index contributed by atoms with van der Waals surface area (Å²) in [5, 5.41) is 3.14. The summed E-state index contributed by atoms with van der Waals surface area (Å²) >= 11 is 6.14. The van der Waals surface area contributed by atoms with Crippen molar-refractivity contribution in [2.45, 2.75) is 18.4 Å². The zero-order valence-corrected chi connectivity index (χ0v) is 18.8. The molecule has 0 spiro atoms. The van der Waals surface area contributed by atoms with Crippen molar-refractivity contribution in [2.24, 2.45) is 0 Å². The SMILES string of the molecule is COCc1cccc(NC(=O)CN(c2cc(Cl)ccc2C)S(=O)(=O)c2ccccc2)c1. The van der Waals surface area contributed by atoms with Gasteiger partial charge in [-0.25, -0.2) is 8.42 Å². The number of aryl methyl sites for hydroxylation is 1. The first-order valence-electron chi connectivity index (χ1n) is 9.53. The Hall–Kier alpha value is -2.87. The first-order valence-corrected chi connectivity index (χ1v) is 11.3. The van der Waals surface area contributed by atoms with Gasteiger partial charge in [0.05, 0.1) is 17.2 Å². The quantitative estimate of drug-likeness (QED) is 0.534. The Kier molecular flexibility index (Phi) is 7.33. The summed E-state index contributed by atoms with van der Waals surface area (Å²) in [6.45, 7) is 1.76. The van der Waals surface area contributed by atoms with Crippen LogP contribution in [0.25, 0.3) is 0 Å². The van der Waals surface area contributed by atoms with Crippen molar-refractivity contribution in [3.63, 3.8) is 0 Å². The summed E-state index contributed by atoms with van der Waals surface area (Å²) in [4.78, 5) is 12.9. The van der Waals surface area contributed by atoms with Crippen molar-refractivity contribution < 1.29 is 17.9 Å². The number of carbonyl (C=O) groups excluding carboxylic acids is 1. The maximum Gasteiger partial charge on any atom is 0.264 e. The molecule has 0 saturated carbocycles. The molecule has 0 unspecified atom stereocenters. The van der Waals surface area contributed by atoms with E-state index in [4.69, 9.17) is 16.3 Å². The van der Waals surface area contributed by atoms with Crippen LogP contribution in [0.1, 0.15) is 11.1 Å². The number of amides is 1. The summed E-state index contributed by atoms with van der Waals surface area (Å²) in [7, 11) is -2.42. The van der Waals surface area contributed by atoms with Crippen molar-refractivity contribution in [2.75, 3.05) is 23.3 Å². The molecule has 0 radical (unpaired) electrons. The third kappa shape index (κ3) is 5.64. The van der Waals surface area contributed by atoms with E-state index in [0.29, 0.717) is 28.6 Å². The Labute approximate surface area is 187 Å². The smallest absolute Gasteiger partial charge is 0.264 e. The second-order valence-corrected chi connectivity index (χ2v) is 9.24. The van der Waals surface area contributed by atoms with Gasteiger partial charge in [-0.05, 0) is 54.4 Å². The standard InChI is InChI=1S/C23H23ClN2O4S/c1-17-11-12-19(24)14-22(17)26(31(28,29)21-9-4-3-5-10-21)15-23(27)25-20-8-6-7-18(13-20)16-30-2/h3-14H,15-16H2,1-2H3,(H,25,27). The van der Waals surface area contributed by atoms with Crippen molar-refractivity contribution >= 4 is 38.9 Å². The molecule has 0 saturated heterocycles. The molecule has 0 aliphatic rings. The van der Waals surface area contributed by atoms with Crippen LogP contribution in [-0.4, -0.2) is 28.0 Å². The molecular formula is C23H23ClN2O4S. The molecule has 162 valence electrons. The Morgan fingerprint density at radius 1 is 1.03 bits per heavy atom. The number of carbonyl (C=O) groups is 1. The average molecular weight is 459 g/mol. The predicted octanol–water partition coefficient (Wildman–Crippen LogP) is 4.63. The molecule has 0 fully saturated rings. The summed E-state index contributed by atoms with van der Waals surface area (Å²) in [5.74, 6) is -0.478. The molecule has 0 atom stereocenters. The first kappa shape index (κ1) is 22.8. The summed E-state index contributed by atoms with van der Waals surface area (Å²) in [5.41, 5.74) is 2.47. The lowest BCUT2D eigenvalue weighted by Gasteiger charge is -2.26. The lowest BCUT2D eigenvalue weighted by Crippen LogP contribution is -2.38. The molecule has 3 aromatic carbocycles. The van der Waals surface area contributed by atoms with Crippen molar-refractivity contribution in [1.82, 2.24) is 0 Å². The van der Waals surface area contributed by atoms with Crippen LogP contribution in [0, 0.1) is 6.92 Å². The van der Waals surface area contributed by atoms with Gasteiger partial charge in [-0.2, -0.15) is 0 Å². The molecule has 0 aliphatic heterocycles. The van der Waals surface area contributed by atoms with Gasteiger partial charge in [0.2, 0.25) is 5.91 Å². The normalized spacial score (nSPS) is 11.2. The Morgan fingerprint density at radius 3 is 2.48 bits per heavy atom. The minimum absolute atomic E-state index is 0.0873. The Bertz CT molecular complexity index is 1170. The molecular weight excluding hydrogens is 436 g/mol. The van der Waals surface area contributed by atoms with Gasteiger partial charge in [-0.1, -0.05) is 48.0 Å². The van der Waals surface area contributed by atoms with E-state index in [1.165, 1.54) is 12.1 Å². The molecule has 0 aromatic heterocycles. The van der Waals surface area contributed by atoms with E-state index < -0.39 is 22.5 Å². The number of halogens is 1. The fourth-order valence-electron chi connectivity index (χ4n) is 3.11. The van der Waals surface area contributed by atoms with Crippen LogP contribution in [0.4, 0.5) is 11.4 Å². The Balaban J connectivity index is 1.94. The second-order valence-electron chi connectivity index (χ2n) is 6.94. The van der Waals surface area contributed by atoms with Gasteiger partial charge < -0.3 is 10.1 Å². The highest BCUT2D eigenvalue weighted by atomic mass is 35.5. The largest absolute Gasteiger partial charge is 0.380 e. The molecule has 1 N–H and O–H groups in total. The van der Waals surface area contributed by atoms with E-state index >= 15 is 0 Å². The number of nitrogens with one attached hydrogen (secondary N) is 1. The van der Waals surface area contributed by atoms with E-state index in [9.17, 15) is 13.2 Å². The maximum absolute atomic E-state index is 13.4. The van der Waals surface area contributed by atoms with Crippen molar-refractivity contribution in [3.05, 3.63) is 88.9 Å². The molecule has 0 aliphatic carbocycles. The van der Waals surface area contributed by atoms with Gasteiger partial charge in [-0.15, -0.1) is 0 Å². The van der Waals surface area contributed by atoms with Gasteiger partial charge in [0, 0.05) is 17.8 Å². The van der Waals surface area contributed by atoms with Gasteiger partial charge in [0.1, 0.15) is 6.54 Å². The topological polar surface area (TPSA) is 75.7 Å². The third-order valence-electron chi connectivity index (χ3n) is 4.58. The lowest BCUT2D eigenvalue weighted by atomic mass is 10.2. The molecule has 8 heteroatoms. The Morgan fingerprint density at radius 2 is 1.77 bits per heavy atom. The highest BCUT2D eigenvalue weighted by molar-refractivity contribution is 7.92. The lowest BCUT2D eigenvalue weighted by molar-refractivity contribution is -0.114. The monoisotopic (exact) mass is 458 g/mol. The predicted molar refractivity (Wildman–Crippen MR) is 123 cm³/mol. The maximum atomic E-state index is 13.4. The number of methoxy groups -OCH3 is 1. The van der Waals surface area contributed by atoms with E-state index in [-0.39, 0.29) is 4.90 Å². The van der Waals surface area contributed by atoms with Gasteiger partial charge in [0.25, 0.3) is 10.0 Å². The highest BCUT2D eigenvalue weighted by Gasteiger charge is 2.28. The van der Waals surface area contributed by atoms with E-state index in [1.807, 2.05) is 6.07 Å². The van der Waals surface area contributed by atoms with Crippen LogP contribution in [-0.2, 0) is 26.2 Å². The number of sulfonamides is 1. The van der Waals surface area contributed by atoms with Crippen LogP contribution in [0.5, 0.6) is 0 Å². The fourth-order valence-corrected chi connectivity index (χ4v) is 4.77. The van der Waals surface area contributed by atoms with Gasteiger partial charge in [-0.3, -0.25) is 9.10 Å². The van der Waals surface area contributed by atoms with Gasteiger partial charge in [0.15, 0.2) is 0 Å². The number of nitrogens with zero attached hydrogens (tertiary/aromatic N) is 1. The highest BCUT2D eigenvalue weighted by Crippen LogP contribution is 2.29. The number of ether oxygens (including phenoxy) is 1. The van der Waals surface area contributed by atoms with Crippen LogP contribution < -0.4 is 9.62 Å². The fraction of sp³-hybridized carbons (Fsp3) is 0.174. The molecule has 0 heterocycles. The van der Waals surface area contributed by atoms with E-state index in [0.717, 1.165) is 9.87 Å². The number of hydrogen-bond acceptors (Lipinski definition) is 4. The van der Waals surface area contributed by atoms with Gasteiger partial charge >= 0.3 is 0 Å². The minimum Gasteiger partial charge on any atom is -0.380 e. The van der Waals surface area contributed by atoms with E-state index in [1.54, 1.807) is 68.6 Å². The number of rotatable bonds is 8. The molecule has 3 rings (SSSR count). The van der Waals surface area contributed by atoms with Crippen LogP contribution in [0.15, 0.2) is 77.7 Å². The number of anilines is 2. The van der Waals surface area contributed by atoms with Crippen LogP contribution in [0.2, 0.25) is 5.02 Å². The minimum atomic E-state index is -4.00. The van der Waals surface area contributed by atoms with E-state index in [2.05, 4.69) is 5.32 Å². The second kappa shape index (κ2) is 9.96. The molecule has 0 bridgehead atoms. The van der Waals surface area contributed by atoms with Crippen molar-refractivity contribution in [1.29, 1.82) is 0 Å². The third-order valence-corrected chi connectivity index (χ3v) is 6.59. The van der Waals surface area contributed by atoms with Crippen molar-refractivity contribution in [3.8, 4) is 0 Å². The van der Waals surface area contributed by atoms with Crippen LogP contribution >= 0.6 is 11.6 Å². The van der Waals surface area contributed by atoms with Crippen LogP contribution in [0.3, 0.4) is 0 Å².